The van der Waals surface area contributed by atoms with Gasteiger partial charge in [0.1, 0.15) is 24.7 Å². The molecule has 0 radical (unpaired) electrons. The lowest BCUT2D eigenvalue weighted by Crippen LogP contribution is -2.62. The van der Waals surface area contributed by atoms with E-state index >= 15 is 0 Å². The number of fused-ring (bicyclic) bond motifs is 1. The number of hydrogen-bond acceptors (Lipinski definition) is 7. The van der Waals surface area contributed by atoms with Crippen LogP contribution in [0, 0.1) is 34.0 Å². The van der Waals surface area contributed by atoms with Gasteiger partial charge in [0.2, 0.25) is 17.6 Å². The number of hydrogen-bond donors (Lipinski definition) is 4. The number of rotatable bonds is 14. The Kier molecular flexibility index (Phi) is 11.5. The number of nitrogens with one attached hydrogen (secondary N) is 4. The van der Waals surface area contributed by atoms with Gasteiger partial charge < -0.3 is 30.9 Å². The number of likely N-dealkylation sites (tertiary alicyclic amines) is 1. The topological polar surface area (TPSA) is 163 Å². The van der Waals surface area contributed by atoms with Crippen LogP contribution in [0.2, 0.25) is 0 Å². The third-order valence-electron chi connectivity index (χ3n) is 10.3. The number of Topliss-reactive ketones (excluding diaryl/α,β-unsaturated/α-hetero) is 1. The molecule has 1 aromatic rings. The van der Waals surface area contributed by atoms with Crippen molar-refractivity contribution in [1.29, 1.82) is 0 Å². The molecule has 2 saturated carbocycles. The van der Waals surface area contributed by atoms with Gasteiger partial charge in [-0.25, -0.2) is 9.59 Å². The summed E-state index contributed by atoms with van der Waals surface area (Å²) in [5.41, 5.74) is -0.899. The van der Waals surface area contributed by atoms with Crippen LogP contribution in [0.5, 0.6) is 0 Å². The minimum atomic E-state index is -1.06. The van der Waals surface area contributed by atoms with E-state index in [0.29, 0.717) is 13.0 Å². The van der Waals surface area contributed by atoms with E-state index in [9.17, 15) is 28.8 Å². The van der Waals surface area contributed by atoms with Crippen LogP contribution in [0.3, 0.4) is 0 Å². The number of esters is 1. The Labute approximate surface area is 295 Å². The second-order valence-electron chi connectivity index (χ2n) is 16.8. The van der Waals surface area contributed by atoms with Crippen molar-refractivity contribution in [1.82, 2.24) is 26.2 Å². The number of urea groups is 1. The highest BCUT2D eigenvalue weighted by Gasteiger charge is 2.70. The summed E-state index contributed by atoms with van der Waals surface area (Å²) in [6.07, 6.45) is 3.65. The van der Waals surface area contributed by atoms with Crippen LogP contribution >= 0.6 is 0 Å². The number of nitrogens with zero attached hydrogens (tertiary/aromatic N) is 1. The summed E-state index contributed by atoms with van der Waals surface area (Å²) in [6, 6.07) is 4.50. The maximum atomic E-state index is 14.4. The summed E-state index contributed by atoms with van der Waals surface area (Å²) >= 11 is 0. The number of benzene rings is 1. The highest BCUT2D eigenvalue weighted by molar-refractivity contribution is 6.38. The van der Waals surface area contributed by atoms with Gasteiger partial charge in [0.15, 0.2) is 0 Å². The number of ether oxygens (including phenoxy) is 1. The second kappa shape index (κ2) is 14.9. The summed E-state index contributed by atoms with van der Waals surface area (Å²) in [6.45, 7) is 19.0. The molecule has 0 spiro atoms. The Bertz CT molecular complexity index is 1470. The Hall–Kier alpha value is -4.22. The first-order chi connectivity index (χ1) is 23.3. The van der Waals surface area contributed by atoms with E-state index in [0.717, 1.165) is 18.4 Å². The van der Waals surface area contributed by atoms with Crippen LogP contribution in [0.15, 0.2) is 43.0 Å². The minimum Gasteiger partial charge on any atom is -0.459 e. The van der Waals surface area contributed by atoms with E-state index in [-0.39, 0.29) is 36.3 Å². The quantitative estimate of drug-likeness (QED) is 0.132. The fraction of sp³-hybridized carbons (Fsp3) is 0.632. The zero-order valence-corrected chi connectivity index (χ0v) is 30.8. The summed E-state index contributed by atoms with van der Waals surface area (Å²) in [5, 5.41) is 10.9. The number of ketones is 1. The third kappa shape index (κ3) is 9.11. The molecule has 12 nitrogen and oxygen atoms in total. The predicted molar refractivity (Wildman–Crippen MR) is 188 cm³/mol. The van der Waals surface area contributed by atoms with E-state index in [2.05, 4.69) is 41.7 Å². The lowest BCUT2D eigenvalue weighted by Gasteiger charge is -2.38. The first-order valence-corrected chi connectivity index (χ1v) is 17.6. The second-order valence-corrected chi connectivity index (χ2v) is 16.8. The highest BCUT2D eigenvalue weighted by Crippen LogP contribution is 2.65. The van der Waals surface area contributed by atoms with Crippen molar-refractivity contribution in [2.45, 2.75) is 105 Å². The standard InChI is InChI=1S/C38H55N5O7/c1-10-18-39-32(46)28(44)25(19-22-16-17-22)40-31(45)27-26-24(38(26,8)9)20-43(27)33(47)29(36(2,3)4)41-35(49)42-30(37(5,6)7)34(48)50-21-23-14-12-11-13-15-23/h10-15,22,24-27,29-30H,1,16-21H2,2-9H3,(H,39,46)(H,40,45)(H2,41,42,49)/t24-,25?,26-,27-,29+,30+/m0/s1. The van der Waals surface area contributed by atoms with Crippen molar-refractivity contribution in [3.05, 3.63) is 48.6 Å². The zero-order chi connectivity index (χ0) is 37.2. The minimum absolute atomic E-state index is 0.0440. The molecule has 274 valence electrons. The lowest BCUT2D eigenvalue weighted by atomic mass is 9.85. The molecule has 3 fully saturated rings. The molecule has 0 aromatic heterocycles. The average Bonchev–Trinajstić information content (AvgIpc) is 3.89. The molecule has 1 saturated heterocycles. The number of carbonyl (C=O) groups is 6. The SMILES string of the molecule is C=CCNC(=O)C(=O)C(CC1CC1)NC(=O)[C@@H]1[C@@H]2[C@H](CN1C(=O)[C@@H](NC(=O)N[C@H](C(=O)OCc1ccccc1)C(C)(C)C)C(C)(C)C)C2(C)C. The molecule has 4 N–H and O–H groups in total. The highest BCUT2D eigenvalue weighted by atomic mass is 16.5. The summed E-state index contributed by atoms with van der Waals surface area (Å²) in [7, 11) is 0. The molecule has 1 aliphatic heterocycles. The maximum absolute atomic E-state index is 14.4. The number of amides is 5. The largest absolute Gasteiger partial charge is 0.459 e. The fourth-order valence-corrected chi connectivity index (χ4v) is 6.96. The van der Waals surface area contributed by atoms with E-state index in [4.69, 9.17) is 4.74 Å². The molecule has 2 aliphatic carbocycles. The van der Waals surface area contributed by atoms with Gasteiger partial charge in [-0.05, 0) is 46.0 Å². The third-order valence-corrected chi connectivity index (χ3v) is 10.3. The van der Waals surface area contributed by atoms with Crippen LogP contribution in [0.4, 0.5) is 4.79 Å². The van der Waals surface area contributed by atoms with Gasteiger partial charge in [0.05, 0.1) is 6.04 Å². The molecule has 1 unspecified atom stereocenters. The van der Waals surface area contributed by atoms with Crippen molar-refractivity contribution in [3.8, 4) is 0 Å². The molecule has 12 heteroatoms. The molecule has 50 heavy (non-hydrogen) atoms. The van der Waals surface area contributed by atoms with Gasteiger partial charge in [-0.3, -0.25) is 19.2 Å². The summed E-state index contributed by atoms with van der Waals surface area (Å²) < 4.78 is 5.55. The van der Waals surface area contributed by atoms with E-state index in [1.807, 2.05) is 51.1 Å². The molecule has 1 heterocycles. The molecule has 3 aliphatic rings. The van der Waals surface area contributed by atoms with Crippen molar-refractivity contribution in [3.63, 3.8) is 0 Å². The van der Waals surface area contributed by atoms with Crippen LogP contribution < -0.4 is 21.3 Å². The smallest absolute Gasteiger partial charge is 0.329 e. The first-order valence-electron chi connectivity index (χ1n) is 17.6. The Morgan fingerprint density at radius 1 is 0.940 bits per heavy atom. The van der Waals surface area contributed by atoms with Crippen LogP contribution in [0.25, 0.3) is 0 Å². The van der Waals surface area contributed by atoms with Crippen LogP contribution in [-0.2, 0) is 35.3 Å². The van der Waals surface area contributed by atoms with E-state index in [1.165, 1.54) is 11.0 Å². The average molecular weight is 694 g/mol. The molecular formula is C38H55N5O7. The van der Waals surface area contributed by atoms with Crippen LogP contribution in [-0.4, -0.2) is 77.7 Å². The predicted octanol–water partition coefficient (Wildman–Crippen LogP) is 3.50. The molecule has 4 rings (SSSR count). The van der Waals surface area contributed by atoms with Crippen LogP contribution in [0.1, 0.15) is 80.2 Å². The molecule has 5 amide bonds. The molecular weight excluding hydrogens is 638 g/mol. The maximum Gasteiger partial charge on any atom is 0.329 e. The normalized spacial score (nSPS) is 22.6. The molecule has 6 atom stereocenters. The number of piperidine rings is 1. The van der Waals surface area contributed by atoms with Crippen molar-refractivity contribution < 1.29 is 33.5 Å². The Morgan fingerprint density at radius 2 is 1.54 bits per heavy atom. The van der Waals surface area contributed by atoms with Gasteiger partial charge in [-0.1, -0.05) is 105 Å². The molecule has 1 aromatic carbocycles. The van der Waals surface area contributed by atoms with Gasteiger partial charge in [0, 0.05) is 13.1 Å². The van der Waals surface area contributed by atoms with Gasteiger partial charge in [0.25, 0.3) is 5.91 Å². The number of carbonyl (C=O) groups excluding carboxylic acids is 6. The van der Waals surface area contributed by atoms with Crippen molar-refractivity contribution >= 4 is 35.5 Å². The van der Waals surface area contributed by atoms with Crippen molar-refractivity contribution in [2.24, 2.45) is 34.0 Å². The zero-order valence-electron chi connectivity index (χ0n) is 30.8. The van der Waals surface area contributed by atoms with Crippen molar-refractivity contribution in [2.75, 3.05) is 13.1 Å². The summed E-state index contributed by atoms with van der Waals surface area (Å²) in [4.78, 5) is 82.5. The first kappa shape index (κ1) is 38.6. The Balaban J connectivity index is 1.50. The summed E-state index contributed by atoms with van der Waals surface area (Å²) in [5.74, 6) is -2.92. The van der Waals surface area contributed by atoms with E-state index in [1.54, 1.807) is 20.8 Å². The van der Waals surface area contributed by atoms with Gasteiger partial charge in [-0.2, -0.15) is 0 Å². The monoisotopic (exact) mass is 693 g/mol. The fourth-order valence-electron chi connectivity index (χ4n) is 6.96. The Morgan fingerprint density at radius 3 is 2.10 bits per heavy atom. The molecule has 0 bridgehead atoms. The lowest BCUT2D eigenvalue weighted by molar-refractivity contribution is -0.150. The van der Waals surface area contributed by atoms with E-state index < -0.39 is 70.5 Å². The van der Waals surface area contributed by atoms with Gasteiger partial charge >= 0.3 is 12.0 Å². The van der Waals surface area contributed by atoms with Gasteiger partial charge in [-0.15, -0.1) is 6.58 Å².